The van der Waals surface area contributed by atoms with Crippen LogP contribution in [-0.2, 0) is 0 Å². The van der Waals surface area contributed by atoms with Crippen LogP contribution in [0.3, 0.4) is 0 Å². The first kappa shape index (κ1) is 6.74. The van der Waals surface area contributed by atoms with Crippen LogP contribution in [0.1, 0.15) is 5.56 Å². The molecule has 56 valence electrons. The molecule has 0 spiro atoms. The third kappa shape index (κ3) is 1.02. The van der Waals surface area contributed by atoms with E-state index in [4.69, 9.17) is 16.0 Å². The fraction of sp³-hybridized carbons (Fsp3) is 0.111. The van der Waals surface area contributed by atoms with Crippen LogP contribution in [-0.4, -0.2) is 0 Å². The van der Waals surface area contributed by atoms with E-state index in [2.05, 4.69) is 0 Å². The number of hydrogen-bond acceptors (Lipinski definition) is 1. The summed E-state index contributed by atoms with van der Waals surface area (Å²) in [5.74, 6) is 0. The Kier molecular flexibility index (Phi) is 1.40. The molecule has 0 saturated heterocycles. The van der Waals surface area contributed by atoms with Crippen molar-refractivity contribution < 1.29 is 4.42 Å². The monoisotopic (exact) mass is 166 g/mol. The van der Waals surface area contributed by atoms with Gasteiger partial charge in [-0.3, -0.25) is 0 Å². The van der Waals surface area contributed by atoms with Gasteiger partial charge in [0.15, 0.2) is 0 Å². The number of rotatable bonds is 0. The molecule has 0 radical (unpaired) electrons. The second-order valence-electron chi connectivity index (χ2n) is 2.60. The highest BCUT2D eigenvalue weighted by Crippen LogP contribution is 2.23. The third-order valence-corrected chi connectivity index (χ3v) is 1.98. The summed E-state index contributed by atoms with van der Waals surface area (Å²) in [4.78, 5) is 0. The van der Waals surface area contributed by atoms with Gasteiger partial charge >= 0.3 is 0 Å². The molecule has 0 saturated carbocycles. The Labute approximate surface area is 69.6 Å². The van der Waals surface area contributed by atoms with E-state index >= 15 is 0 Å². The van der Waals surface area contributed by atoms with Crippen LogP contribution in [0.25, 0.3) is 10.8 Å². The second kappa shape index (κ2) is 2.28. The zero-order valence-electron chi connectivity index (χ0n) is 6.10. The van der Waals surface area contributed by atoms with E-state index < -0.39 is 0 Å². The molecule has 0 aliphatic rings. The lowest BCUT2D eigenvalue weighted by Gasteiger charge is -1.94. The predicted octanol–water partition coefficient (Wildman–Crippen LogP) is 3.39. The Bertz CT molecular complexity index is 389. The standard InChI is InChI=1S/C9H7ClO/c1-6-2-8(10)3-7-4-11-5-9(6)7/h2-5H,1H3. The van der Waals surface area contributed by atoms with Gasteiger partial charge in [-0.25, -0.2) is 0 Å². The summed E-state index contributed by atoms with van der Waals surface area (Å²) in [6.07, 6.45) is 3.44. The Morgan fingerprint density at radius 2 is 2.09 bits per heavy atom. The average molecular weight is 167 g/mol. The zero-order chi connectivity index (χ0) is 7.84. The molecule has 0 N–H and O–H groups in total. The van der Waals surface area contributed by atoms with Crippen molar-refractivity contribution in [2.75, 3.05) is 0 Å². The molecule has 2 rings (SSSR count). The van der Waals surface area contributed by atoms with Crippen molar-refractivity contribution in [1.29, 1.82) is 0 Å². The number of hydrogen-bond donors (Lipinski definition) is 0. The summed E-state index contributed by atoms with van der Waals surface area (Å²) in [6.45, 7) is 2.02. The van der Waals surface area contributed by atoms with Crippen molar-refractivity contribution >= 4 is 22.4 Å². The van der Waals surface area contributed by atoms with Gasteiger partial charge in [0.25, 0.3) is 0 Å². The van der Waals surface area contributed by atoms with Gasteiger partial charge < -0.3 is 4.42 Å². The molecule has 2 aromatic rings. The largest absolute Gasteiger partial charge is 0.471 e. The normalized spacial score (nSPS) is 10.7. The van der Waals surface area contributed by atoms with Crippen molar-refractivity contribution in [2.45, 2.75) is 6.92 Å². The van der Waals surface area contributed by atoms with E-state index in [1.165, 1.54) is 0 Å². The first-order valence-corrected chi connectivity index (χ1v) is 3.77. The molecule has 1 aromatic heterocycles. The summed E-state index contributed by atoms with van der Waals surface area (Å²) >= 11 is 5.84. The van der Waals surface area contributed by atoms with Crippen molar-refractivity contribution in [2.24, 2.45) is 0 Å². The molecule has 1 nitrogen and oxygen atoms in total. The topological polar surface area (TPSA) is 13.1 Å². The first-order valence-electron chi connectivity index (χ1n) is 3.39. The minimum atomic E-state index is 0.761. The van der Waals surface area contributed by atoms with E-state index in [9.17, 15) is 0 Å². The van der Waals surface area contributed by atoms with Gasteiger partial charge in [-0.05, 0) is 24.6 Å². The molecular weight excluding hydrogens is 160 g/mol. The summed E-state index contributed by atoms with van der Waals surface area (Å²) in [5.41, 5.74) is 1.15. The smallest absolute Gasteiger partial charge is 0.0983 e. The number of benzene rings is 1. The van der Waals surface area contributed by atoms with E-state index in [1.807, 2.05) is 19.1 Å². The number of aryl methyl sites for hydroxylation is 1. The lowest BCUT2D eigenvalue weighted by Crippen LogP contribution is -1.72. The van der Waals surface area contributed by atoms with Crippen LogP contribution in [0.15, 0.2) is 29.1 Å². The molecule has 11 heavy (non-hydrogen) atoms. The number of fused-ring (bicyclic) bond motifs is 1. The molecule has 0 unspecified atom stereocenters. The Morgan fingerprint density at radius 1 is 1.27 bits per heavy atom. The van der Waals surface area contributed by atoms with E-state index in [0.717, 1.165) is 21.4 Å². The van der Waals surface area contributed by atoms with Crippen LogP contribution < -0.4 is 0 Å². The molecule has 1 aromatic carbocycles. The highest BCUT2D eigenvalue weighted by Gasteiger charge is 2.00. The molecule has 0 fully saturated rings. The van der Waals surface area contributed by atoms with E-state index in [-0.39, 0.29) is 0 Å². The van der Waals surface area contributed by atoms with Gasteiger partial charge in [-0.2, -0.15) is 0 Å². The SMILES string of the molecule is Cc1cc(Cl)cc2cocc12. The first-order chi connectivity index (χ1) is 5.27. The van der Waals surface area contributed by atoms with Crippen molar-refractivity contribution in [1.82, 2.24) is 0 Å². The molecule has 0 bridgehead atoms. The molecule has 2 heteroatoms. The van der Waals surface area contributed by atoms with Crippen LogP contribution in [0.4, 0.5) is 0 Å². The van der Waals surface area contributed by atoms with Crippen LogP contribution in [0, 0.1) is 6.92 Å². The van der Waals surface area contributed by atoms with E-state index in [0.29, 0.717) is 0 Å². The number of halogens is 1. The Morgan fingerprint density at radius 3 is 2.91 bits per heavy atom. The quantitative estimate of drug-likeness (QED) is 0.585. The minimum absolute atomic E-state index is 0.761. The third-order valence-electron chi connectivity index (χ3n) is 1.76. The zero-order valence-corrected chi connectivity index (χ0v) is 6.85. The molecule has 1 heterocycles. The van der Waals surface area contributed by atoms with Gasteiger partial charge in [0.1, 0.15) is 0 Å². The molecule has 0 aliphatic heterocycles. The minimum Gasteiger partial charge on any atom is -0.471 e. The van der Waals surface area contributed by atoms with Crippen molar-refractivity contribution in [3.05, 3.63) is 35.2 Å². The van der Waals surface area contributed by atoms with Gasteiger partial charge in [0, 0.05) is 15.8 Å². The summed E-state index contributed by atoms with van der Waals surface area (Å²) < 4.78 is 5.04. The van der Waals surface area contributed by atoms with Gasteiger partial charge in [0.05, 0.1) is 12.5 Å². The molecule has 0 atom stereocenters. The lowest BCUT2D eigenvalue weighted by atomic mass is 10.1. The summed E-state index contributed by atoms with van der Waals surface area (Å²) in [6, 6.07) is 3.83. The van der Waals surface area contributed by atoms with E-state index in [1.54, 1.807) is 12.5 Å². The highest BCUT2D eigenvalue weighted by atomic mass is 35.5. The fourth-order valence-electron chi connectivity index (χ4n) is 1.21. The van der Waals surface area contributed by atoms with Gasteiger partial charge in [-0.1, -0.05) is 11.6 Å². The molecule has 0 amide bonds. The lowest BCUT2D eigenvalue weighted by molar-refractivity contribution is 0.572. The summed E-state index contributed by atoms with van der Waals surface area (Å²) in [7, 11) is 0. The van der Waals surface area contributed by atoms with Crippen LogP contribution >= 0.6 is 11.6 Å². The average Bonchev–Trinajstić information content (AvgIpc) is 2.34. The Hall–Kier alpha value is -0.950. The maximum atomic E-state index is 5.84. The van der Waals surface area contributed by atoms with Gasteiger partial charge in [-0.15, -0.1) is 0 Å². The van der Waals surface area contributed by atoms with Crippen LogP contribution in [0.2, 0.25) is 5.02 Å². The van der Waals surface area contributed by atoms with Crippen molar-refractivity contribution in [3.8, 4) is 0 Å². The second-order valence-corrected chi connectivity index (χ2v) is 3.03. The Balaban J connectivity index is 2.91. The molecular formula is C9H7ClO. The summed E-state index contributed by atoms with van der Waals surface area (Å²) in [5, 5.41) is 2.96. The molecule has 0 aliphatic carbocycles. The fourth-order valence-corrected chi connectivity index (χ4v) is 1.50. The number of furan rings is 1. The highest BCUT2D eigenvalue weighted by molar-refractivity contribution is 6.31. The van der Waals surface area contributed by atoms with Crippen LogP contribution in [0.5, 0.6) is 0 Å². The van der Waals surface area contributed by atoms with Gasteiger partial charge in [0.2, 0.25) is 0 Å². The predicted molar refractivity (Wildman–Crippen MR) is 46.0 cm³/mol. The van der Waals surface area contributed by atoms with Crippen molar-refractivity contribution in [3.63, 3.8) is 0 Å². The maximum Gasteiger partial charge on any atom is 0.0983 e. The maximum absolute atomic E-state index is 5.84.